The standard InChI is InChI=1S/C26H27F2N5O/c1-3-18-21(27)8-7-15-10-17(34)11-19(22(15)18)24-23(28)25-20(12-30-24)26(32-14(2)31-25)33-9-5-4-6-16(29)13-33/h7-8,10-12,16,34H,3-6,9,13,29H2,1-2H3/t16-/m1/s1. The second-order valence-corrected chi connectivity index (χ2v) is 8.95. The number of hydrogen-bond acceptors (Lipinski definition) is 6. The van der Waals surface area contributed by atoms with E-state index in [0.29, 0.717) is 51.9 Å². The highest BCUT2D eigenvalue weighted by atomic mass is 19.1. The first kappa shape index (κ1) is 22.4. The molecule has 0 bridgehead atoms. The molecule has 34 heavy (non-hydrogen) atoms. The largest absolute Gasteiger partial charge is 0.508 e. The van der Waals surface area contributed by atoms with E-state index in [-0.39, 0.29) is 28.8 Å². The molecule has 176 valence electrons. The van der Waals surface area contributed by atoms with Crippen molar-refractivity contribution in [2.24, 2.45) is 5.73 Å². The highest BCUT2D eigenvalue weighted by molar-refractivity contribution is 6.01. The lowest BCUT2D eigenvalue weighted by atomic mass is 9.94. The Labute approximate surface area is 196 Å². The predicted molar refractivity (Wildman–Crippen MR) is 130 cm³/mol. The molecule has 0 saturated carbocycles. The van der Waals surface area contributed by atoms with Gasteiger partial charge in [-0.15, -0.1) is 0 Å². The van der Waals surface area contributed by atoms with Crippen molar-refractivity contribution in [1.29, 1.82) is 0 Å². The van der Waals surface area contributed by atoms with E-state index in [1.165, 1.54) is 12.1 Å². The zero-order valence-electron chi connectivity index (χ0n) is 19.3. The van der Waals surface area contributed by atoms with E-state index >= 15 is 4.39 Å². The van der Waals surface area contributed by atoms with Crippen LogP contribution in [0.1, 0.15) is 37.6 Å². The Balaban J connectivity index is 1.76. The quantitative estimate of drug-likeness (QED) is 0.444. The normalized spacial score (nSPS) is 16.9. The maximum absolute atomic E-state index is 16.1. The molecule has 0 amide bonds. The highest BCUT2D eigenvalue weighted by Gasteiger charge is 2.24. The zero-order valence-corrected chi connectivity index (χ0v) is 19.3. The van der Waals surface area contributed by atoms with Crippen LogP contribution in [0.25, 0.3) is 32.9 Å². The second-order valence-electron chi connectivity index (χ2n) is 8.95. The maximum Gasteiger partial charge on any atom is 0.175 e. The van der Waals surface area contributed by atoms with Gasteiger partial charge >= 0.3 is 0 Å². The van der Waals surface area contributed by atoms with Crippen LogP contribution in [-0.4, -0.2) is 39.2 Å². The smallest absolute Gasteiger partial charge is 0.175 e. The van der Waals surface area contributed by atoms with E-state index in [1.807, 2.05) is 6.92 Å². The lowest BCUT2D eigenvalue weighted by Gasteiger charge is -2.25. The summed E-state index contributed by atoms with van der Waals surface area (Å²) in [6, 6.07) is 5.94. The van der Waals surface area contributed by atoms with Crippen LogP contribution in [0, 0.1) is 18.6 Å². The van der Waals surface area contributed by atoms with Crippen LogP contribution in [0.4, 0.5) is 14.6 Å². The Morgan fingerprint density at radius 2 is 2.00 bits per heavy atom. The van der Waals surface area contributed by atoms with E-state index in [0.717, 1.165) is 25.8 Å². The number of nitrogens with two attached hydrogens (primary N) is 1. The Kier molecular flexibility index (Phi) is 5.77. The van der Waals surface area contributed by atoms with Gasteiger partial charge in [0.25, 0.3) is 0 Å². The average molecular weight is 464 g/mol. The monoisotopic (exact) mass is 463 g/mol. The van der Waals surface area contributed by atoms with Crippen LogP contribution < -0.4 is 10.6 Å². The van der Waals surface area contributed by atoms with E-state index in [9.17, 15) is 9.50 Å². The molecule has 0 spiro atoms. The Morgan fingerprint density at radius 1 is 1.18 bits per heavy atom. The number of phenolic OH excluding ortho intramolecular Hbond substituents is 1. The van der Waals surface area contributed by atoms with Crippen LogP contribution >= 0.6 is 0 Å². The van der Waals surface area contributed by atoms with Crippen LogP contribution in [0.15, 0.2) is 30.5 Å². The average Bonchev–Trinajstić information content (AvgIpc) is 3.03. The topological polar surface area (TPSA) is 88.2 Å². The van der Waals surface area contributed by atoms with Gasteiger partial charge in [-0.3, -0.25) is 4.98 Å². The first-order valence-corrected chi connectivity index (χ1v) is 11.6. The summed E-state index contributed by atoms with van der Waals surface area (Å²) in [7, 11) is 0. The molecule has 5 rings (SSSR count). The van der Waals surface area contributed by atoms with Crippen molar-refractivity contribution in [3.05, 3.63) is 53.5 Å². The Morgan fingerprint density at radius 3 is 2.79 bits per heavy atom. The van der Waals surface area contributed by atoms with Crippen molar-refractivity contribution in [2.45, 2.75) is 45.6 Å². The summed E-state index contributed by atoms with van der Waals surface area (Å²) in [5, 5.41) is 12.0. The SMILES string of the molecule is CCc1c(F)ccc2cc(O)cc(-c3ncc4c(N5CCCC[C@@H](N)C5)nc(C)nc4c3F)c12. The van der Waals surface area contributed by atoms with Crippen LogP contribution in [-0.2, 0) is 6.42 Å². The van der Waals surface area contributed by atoms with Crippen molar-refractivity contribution in [3.8, 4) is 17.0 Å². The summed E-state index contributed by atoms with van der Waals surface area (Å²) in [6.07, 6.45) is 4.94. The van der Waals surface area contributed by atoms with Gasteiger partial charge in [-0.2, -0.15) is 0 Å². The van der Waals surface area contributed by atoms with Gasteiger partial charge in [0.05, 0.1) is 5.39 Å². The minimum atomic E-state index is -0.624. The predicted octanol–water partition coefficient (Wildman–Crippen LogP) is 5.02. The number of anilines is 1. The highest BCUT2D eigenvalue weighted by Crippen LogP contribution is 2.38. The van der Waals surface area contributed by atoms with Gasteiger partial charge in [-0.25, -0.2) is 18.7 Å². The number of rotatable bonds is 3. The zero-order chi connectivity index (χ0) is 24.0. The molecule has 0 aliphatic carbocycles. The fourth-order valence-electron chi connectivity index (χ4n) is 4.98. The molecule has 2 aromatic carbocycles. The van der Waals surface area contributed by atoms with Gasteiger partial charge in [0.1, 0.15) is 34.4 Å². The number of pyridine rings is 1. The number of nitrogens with zero attached hydrogens (tertiary/aromatic N) is 4. The summed E-state index contributed by atoms with van der Waals surface area (Å²) in [4.78, 5) is 15.6. The summed E-state index contributed by atoms with van der Waals surface area (Å²) in [5.74, 6) is 0.0227. The molecule has 4 aromatic rings. The number of aromatic nitrogens is 3. The molecule has 0 unspecified atom stereocenters. The molecule has 8 heteroatoms. The minimum absolute atomic E-state index is 0.0188. The fraction of sp³-hybridized carbons (Fsp3) is 0.346. The van der Waals surface area contributed by atoms with Gasteiger partial charge < -0.3 is 15.7 Å². The molecule has 1 atom stereocenters. The molecule has 3 heterocycles. The summed E-state index contributed by atoms with van der Waals surface area (Å²) < 4.78 is 30.7. The number of fused-ring (bicyclic) bond motifs is 2. The van der Waals surface area contributed by atoms with E-state index in [2.05, 4.69) is 19.9 Å². The van der Waals surface area contributed by atoms with Crippen LogP contribution in [0.5, 0.6) is 5.75 Å². The second kappa shape index (κ2) is 8.76. The fourth-order valence-corrected chi connectivity index (χ4v) is 4.98. The van der Waals surface area contributed by atoms with Crippen molar-refractivity contribution in [2.75, 3.05) is 18.0 Å². The third kappa shape index (κ3) is 3.81. The Hall–Kier alpha value is -3.39. The maximum atomic E-state index is 16.1. The molecule has 6 nitrogen and oxygen atoms in total. The van der Waals surface area contributed by atoms with Crippen molar-refractivity contribution in [1.82, 2.24) is 15.0 Å². The lowest BCUT2D eigenvalue weighted by Crippen LogP contribution is -2.36. The Bertz CT molecular complexity index is 1410. The molecule has 0 radical (unpaired) electrons. The number of aromatic hydroxyl groups is 1. The van der Waals surface area contributed by atoms with Gasteiger partial charge in [0, 0.05) is 30.9 Å². The first-order valence-electron chi connectivity index (χ1n) is 11.6. The number of halogens is 2. The van der Waals surface area contributed by atoms with E-state index in [1.54, 1.807) is 25.3 Å². The molecule has 1 aliphatic rings. The van der Waals surface area contributed by atoms with Gasteiger partial charge in [0.15, 0.2) is 5.82 Å². The molecule has 1 aliphatic heterocycles. The van der Waals surface area contributed by atoms with E-state index < -0.39 is 5.82 Å². The summed E-state index contributed by atoms with van der Waals surface area (Å²) in [6.45, 7) is 4.98. The summed E-state index contributed by atoms with van der Waals surface area (Å²) >= 11 is 0. The third-order valence-electron chi connectivity index (χ3n) is 6.54. The van der Waals surface area contributed by atoms with Gasteiger partial charge in [0.2, 0.25) is 0 Å². The number of aryl methyl sites for hydroxylation is 2. The molecular weight excluding hydrogens is 436 g/mol. The summed E-state index contributed by atoms with van der Waals surface area (Å²) in [5.41, 5.74) is 7.20. The van der Waals surface area contributed by atoms with E-state index in [4.69, 9.17) is 5.73 Å². The number of phenols is 1. The van der Waals surface area contributed by atoms with Crippen LogP contribution in [0.3, 0.4) is 0 Å². The molecule has 1 fully saturated rings. The lowest BCUT2D eigenvalue weighted by molar-refractivity contribution is 0.476. The van der Waals surface area contributed by atoms with Crippen LogP contribution in [0.2, 0.25) is 0 Å². The number of benzene rings is 2. The van der Waals surface area contributed by atoms with Gasteiger partial charge in [-0.05, 0) is 60.7 Å². The molecule has 1 saturated heterocycles. The minimum Gasteiger partial charge on any atom is -0.508 e. The third-order valence-corrected chi connectivity index (χ3v) is 6.54. The van der Waals surface area contributed by atoms with Gasteiger partial charge in [-0.1, -0.05) is 19.4 Å². The first-order chi connectivity index (χ1) is 16.4. The van der Waals surface area contributed by atoms with Crippen molar-refractivity contribution >= 4 is 27.5 Å². The molecule has 3 N–H and O–H groups in total. The van der Waals surface area contributed by atoms with Crippen molar-refractivity contribution in [3.63, 3.8) is 0 Å². The molecular formula is C26H27F2N5O. The molecule has 2 aromatic heterocycles. The number of hydrogen-bond donors (Lipinski definition) is 2. The van der Waals surface area contributed by atoms with Crippen molar-refractivity contribution < 1.29 is 13.9 Å².